The second kappa shape index (κ2) is 5.75. The second-order valence-corrected chi connectivity index (χ2v) is 4.57. The predicted molar refractivity (Wildman–Crippen MR) is 71.6 cm³/mol. The first-order chi connectivity index (χ1) is 9.52. The summed E-state index contributed by atoms with van der Waals surface area (Å²) in [5, 5.41) is 23.8. The molecule has 6 heteroatoms. The van der Waals surface area contributed by atoms with Gasteiger partial charge in [0, 0.05) is 36.1 Å². The number of carbonyl (C=O) groups is 1. The molecule has 1 unspecified atom stereocenters. The number of hydrogen-bond acceptors (Lipinski definition) is 4. The molecule has 0 fully saturated rings. The Morgan fingerprint density at radius 3 is 2.95 bits per heavy atom. The number of carboxylic acids is 1. The molecule has 2 heterocycles. The average Bonchev–Trinajstić information content (AvgIpc) is 2.37. The van der Waals surface area contributed by atoms with Crippen LogP contribution < -0.4 is 10.0 Å². The third-order valence-corrected chi connectivity index (χ3v) is 3.12. The Labute approximate surface area is 116 Å². The summed E-state index contributed by atoms with van der Waals surface area (Å²) in [5.74, 6) is -1.48. The minimum atomic E-state index is -1.01. The van der Waals surface area contributed by atoms with E-state index in [1.165, 1.54) is 12.4 Å². The Balaban J connectivity index is 2.47. The fraction of sp³-hybridized carbons (Fsp3) is 0.286. The van der Waals surface area contributed by atoms with Gasteiger partial charge in [-0.25, -0.2) is 4.79 Å². The fourth-order valence-corrected chi connectivity index (χ4v) is 2.32. The van der Waals surface area contributed by atoms with Crippen LogP contribution in [0, 0.1) is 5.21 Å². The lowest BCUT2D eigenvalue weighted by atomic mass is 9.87. The molecule has 2 N–H and O–H groups in total. The van der Waals surface area contributed by atoms with Crippen LogP contribution in [0.3, 0.4) is 0 Å². The molecule has 1 aromatic rings. The van der Waals surface area contributed by atoms with E-state index in [4.69, 9.17) is 4.74 Å². The standard InChI is InChI=1S/C14H16N2O4/c1-9-13(14(17)18)12(6-11(15-9)8-20-2)10-4-3-5-16(19)7-10/h3-7,12,15H,8H2,1-2H3,(H,17,18). The first kappa shape index (κ1) is 14.1. The van der Waals surface area contributed by atoms with E-state index in [2.05, 4.69) is 5.32 Å². The van der Waals surface area contributed by atoms with Crippen molar-refractivity contribution in [1.82, 2.24) is 5.32 Å². The fourth-order valence-electron chi connectivity index (χ4n) is 2.32. The van der Waals surface area contributed by atoms with Gasteiger partial charge < -0.3 is 20.4 Å². The van der Waals surface area contributed by atoms with E-state index < -0.39 is 11.9 Å². The van der Waals surface area contributed by atoms with Crippen LogP contribution in [0.15, 0.2) is 47.6 Å². The minimum Gasteiger partial charge on any atom is -0.619 e. The summed E-state index contributed by atoms with van der Waals surface area (Å²) in [6.07, 6.45) is 4.52. The second-order valence-electron chi connectivity index (χ2n) is 4.57. The molecule has 0 aliphatic carbocycles. The van der Waals surface area contributed by atoms with Crippen molar-refractivity contribution in [1.29, 1.82) is 0 Å². The van der Waals surface area contributed by atoms with Gasteiger partial charge in [0.15, 0.2) is 12.4 Å². The van der Waals surface area contributed by atoms with Crippen molar-refractivity contribution in [3.05, 3.63) is 58.3 Å². The van der Waals surface area contributed by atoms with Crippen LogP contribution in [-0.2, 0) is 9.53 Å². The van der Waals surface area contributed by atoms with Gasteiger partial charge in [0.1, 0.15) is 0 Å². The number of aromatic nitrogens is 1. The van der Waals surface area contributed by atoms with Crippen LogP contribution in [0.1, 0.15) is 18.4 Å². The number of aliphatic carboxylic acids is 1. The first-order valence-electron chi connectivity index (χ1n) is 6.12. The Kier molecular flexibility index (Phi) is 4.05. The first-order valence-corrected chi connectivity index (χ1v) is 6.12. The third kappa shape index (κ3) is 2.80. The molecule has 0 amide bonds. The number of methoxy groups -OCH3 is 1. The number of rotatable bonds is 4. The normalized spacial score (nSPS) is 18.5. The summed E-state index contributed by atoms with van der Waals surface area (Å²) in [6, 6.07) is 3.34. The maximum atomic E-state index is 11.5. The highest BCUT2D eigenvalue weighted by atomic mass is 16.5. The van der Waals surface area contributed by atoms with E-state index >= 15 is 0 Å². The number of carboxylic acid groups (broad SMARTS) is 1. The maximum absolute atomic E-state index is 11.5. The molecule has 1 aromatic heterocycles. The Bertz CT molecular complexity index is 593. The van der Waals surface area contributed by atoms with Crippen LogP contribution in [0.4, 0.5) is 0 Å². The van der Waals surface area contributed by atoms with Gasteiger partial charge in [-0.3, -0.25) is 0 Å². The molecule has 0 saturated carbocycles. The van der Waals surface area contributed by atoms with E-state index in [0.29, 0.717) is 22.6 Å². The molecule has 1 atom stereocenters. The van der Waals surface area contributed by atoms with Crippen molar-refractivity contribution in [2.75, 3.05) is 13.7 Å². The molecule has 1 aliphatic rings. The summed E-state index contributed by atoms with van der Waals surface area (Å²) >= 11 is 0. The summed E-state index contributed by atoms with van der Waals surface area (Å²) < 4.78 is 5.73. The topological polar surface area (TPSA) is 85.5 Å². The van der Waals surface area contributed by atoms with Crippen molar-refractivity contribution in [2.45, 2.75) is 12.8 Å². The SMILES string of the molecule is COCC1=CC(c2ccc[n+]([O-])c2)C(C(=O)O)=C(C)N1. The number of ether oxygens (including phenoxy) is 1. The molecular formula is C14H16N2O4. The highest BCUT2D eigenvalue weighted by molar-refractivity contribution is 5.90. The zero-order valence-corrected chi connectivity index (χ0v) is 11.3. The average molecular weight is 276 g/mol. The molecule has 0 radical (unpaired) electrons. The van der Waals surface area contributed by atoms with Crippen molar-refractivity contribution in [3.8, 4) is 0 Å². The Hall–Kier alpha value is -2.34. The highest BCUT2D eigenvalue weighted by Gasteiger charge is 2.28. The molecule has 2 rings (SSSR count). The molecule has 1 aliphatic heterocycles. The summed E-state index contributed by atoms with van der Waals surface area (Å²) in [5.41, 5.74) is 2.20. The quantitative estimate of drug-likeness (QED) is 0.630. The monoisotopic (exact) mass is 276 g/mol. The van der Waals surface area contributed by atoms with E-state index in [9.17, 15) is 15.1 Å². The van der Waals surface area contributed by atoms with Gasteiger partial charge in [0.05, 0.1) is 12.2 Å². The van der Waals surface area contributed by atoms with Gasteiger partial charge >= 0.3 is 5.97 Å². The van der Waals surface area contributed by atoms with Gasteiger partial charge in [0.25, 0.3) is 0 Å². The lowest BCUT2D eigenvalue weighted by Crippen LogP contribution is -2.29. The number of hydrogen-bond donors (Lipinski definition) is 2. The largest absolute Gasteiger partial charge is 0.619 e. The van der Waals surface area contributed by atoms with Gasteiger partial charge in [-0.2, -0.15) is 4.73 Å². The smallest absolute Gasteiger partial charge is 0.334 e. The summed E-state index contributed by atoms with van der Waals surface area (Å²) in [7, 11) is 1.57. The Morgan fingerprint density at radius 1 is 1.60 bits per heavy atom. The maximum Gasteiger partial charge on any atom is 0.334 e. The predicted octanol–water partition coefficient (Wildman–Crippen LogP) is 0.896. The number of allylic oxidation sites excluding steroid dienone is 2. The van der Waals surface area contributed by atoms with Gasteiger partial charge in [-0.1, -0.05) is 6.08 Å². The van der Waals surface area contributed by atoms with E-state index in [1.54, 1.807) is 32.2 Å². The van der Waals surface area contributed by atoms with Crippen molar-refractivity contribution < 1.29 is 19.4 Å². The Morgan fingerprint density at radius 2 is 2.35 bits per heavy atom. The zero-order valence-electron chi connectivity index (χ0n) is 11.3. The lowest BCUT2D eigenvalue weighted by molar-refractivity contribution is -0.605. The van der Waals surface area contributed by atoms with Crippen LogP contribution in [0.25, 0.3) is 0 Å². The van der Waals surface area contributed by atoms with Crippen molar-refractivity contribution in [3.63, 3.8) is 0 Å². The number of pyridine rings is 1. The molecule has 0 spiro atoms. The van der Waals surface area contributed by atoms with Crippen molar-refractivity contribution >= 4 is 5.97 Å². The van der Waals surface area contributed by atoms with Crippen molar-refractivity contribution in [2.24, 2.45) is 0 Å². The van der Waals surface area contributed by atoms with Crippen LogP contribution in [0.2, 0.25) is 0 Å². The van der Waals surface area contributed by atoms with E-state index in [-0.39, 0.29) is 5.57 Å². The molecule has 20 heavy (non-hydrogen) atoms. The van der Waals surface area contributed by atoms with Gasteiger partial charge in [-0.05, 0) is 13.0 Å². The molecule has 0 bridgehead atoms. The summed E-state index contributed by atoms with van der Waals surface area (Å²) in [6.45, 7) is 2.05. The highest BCUT2D eigenvalue weighted by Crippen LogP contribution is 2.31. The van der Waals surface area contributed by atoms with Crippen LogP contribution in [-0.4, -0.2) is 24.8 Å². The number of nitrogens with zero attached hydrogens (tertiary/aromatic N) is 1. The van der Waals surface area contributed by atoms with Crippen LogP contribution >= 0.6 is 0 Å². The lowest BCUT2D eigenvalue weighted by Gasteiger charge is -2.25. The van der Waals surface area contributed by atoms with Gasteiger partial charge in [-0.15, -0.1) is 0 Å². The van der Waals surface area contributed by atoms with Crippen LogP contribution in [0.5, 0.6) is 0 Å². The molecule has 106 valence electrons. The molecule has 6 nitrogen and oxygen atoms in total. The molecular weight excluding hydrogens is 260 g/mol. The third-order valence-electron chi connectivity index (χ3n) is 3.12. The zero-order chi connectivity index (χ0) is 14.7. The van der Waals surface area contributed by atoms with Gasteiger partial charge in [0.2, 0.25) is 0 Å². The minimum absolute atomic E-state index is 0.232. The molecule has 0 saturated heterocycles. The van der Waals surface area contributed by atoms with E-state index in [1.807, 2.05) is 0 Å². The van der Waals surface area contributed by atoms with E-state index in [0.717, 1.165) is 5.70 Å². The number of nitrogens with one attached hydrogen (secondary N) is 1. The molecule has 0 aromatic carbocycles. The summed E-state index contributed by atoms with van der Waals surface area (Å²) in [4.78, 5) is 11.5. The number of dihydropyridines is 1.